The Hall–Kier alpha value is -2.95. The van der Waals surface area contributed by atoms with E-state index in [1.165, 1.54) is 7.11 Å². The number of benzene rings is 2. The van der Waals surface area contributed by atoms with Crippen LogP contribution in [0.4, 0.5) is 0 Å². The summed E-state index contributed by atoms with van der Waals surface area (Å²) < 4.78 is 6.56. The highest BCUT2D eigenvalue weighted by atomic mass is 16.5. The molecule has 1 heterocycles. The van der Waals surface area contributed by atoms with E-state index >= 15 is 0 Å². The molecule has 0 amide bonds. The summed E-state index contributed by atoms with van der Waals surface area (Å²) in [5.41, 5.74) is 2.28. The fourth-order valence-electron chi connectivity index (χ4n) is 3.08. The molecular weight excluding hydrogens is 316 g/mol. The summed E-state index contributed by atoms with van der Waals surface area (Å²) in [6, 6.07) is 15.0. The third-order valence-electron chi connectivity index (χ3n) is 4.53. The van der Waals surface area contributed by atoms with Gasteiger partial charge in [-0.15, -0.1) is 0 Å². The van der Waals surface area contributed by atoms with Crippen LogP contribution in [-0.2, 0) is 11.2 Å². The van der Waals surface area contributed by atoms with Crippen molar-refractivity contribution < 1.29 is 9.53 Å². The van der Waals surface area contributed by atoms with Crippen LogP contribution >= 0.6 is 0 Å². The largest absolute Gasteiger partial charge is 0.465 e. The van der Waals surface area contributed by atoms with Gasteiger partial charge in [0.15, 0.2) is 0 Å². The van der Waals surface area contributed by atoms with Crippen molar-refractivity contribution in [1.82, 2.24) is 9.55 Å². The molecule has 4 rings (SSSR count). The third-order valence-corrected chi connectivity index (χ3v) is 4.53. The lowest BCUT2D eigenvalue weighted by Gasteiger charge is -2.13. The highest BCUT2D eigenvalue weighted by Gasteiger charge is 2.28. The third kappa shape index (κ3) is 2.93. The normalized spacial score (nSPS) is 13.8. The Kier molecular flexibility index (Phi) is 3.84. The average Bonchev–Trinajstić information content (AvgIpc) is 3.47. The number of carbonyl (C=O) groups is 1. The van der Waals surface area contributed by atoms with Gasteiger partial charge >= 0.3 is 5.97 Å². The topological polar surface area (TPSA) is 61.2 Å². The SMILES string of the molecule is COC(=O)c1ccc(Cc2nc3ccccc3c(=O)n2C2CC2)cc1. The summed E-state index contributed by atoms with van der Waals surface area (Å²) in [5, 5.41) is 0.666. The number of hydrogen-bond acceptors (Lipinski definition) is 4. The van der Waals surface area contributed by atoms with Gasteiger partial charge in [-0.05, 0) is 42.7 Å². The lowest BCUT2D eigenvalue weighted by atomic mass is 10.1. The number of methoxy groups -OCH3 is 1. The maximum absolute atomic E-state index is 12.9. The fourth-order valence-corrected chi connectivity index (χ4v) is 3.08. The van der Waals surface area contributed by atoms with E-state index in [1.807, 2.05) is 41.0 Å². The molecule has 25 heavy (non-hydrogen) atoms. The van der Waals surface area contributed by atoms with Gasteiger partial charge in [-0.25, -0.2) is 9.78 Å². The molecule has 1 aromatic heterocycles. The van der Waals surface area contributed by atoms with Crippen LogP contribution in [0.5, 0.6) is 0 Å². The van der Waals surface area contributed by atoms with Crippen LogP contribution in [0.25, 0.3) is 10.9 Å². The summed E-state index contributed by atoms with van der Waals surface area (Å²) in [4.78, 5) is 29.1. The summed E-state index contributed by atoms with van der Waals surface area (Å²) >= 11 is 0. The molecule has 0 bridgehead atoms. The van der Waals surface area contributed by atoms with Crippen molar-refractivity contribution in [2.75, 3.05) is 7.11 Å². The highest BCUT2D eigenvalue weighted by Crippen LogP contribution is 2.35. The van der Waals surface area contributed by atoms with Crippen LogP contribution in [0.3, 0.4) is 0 Å². The average molecular weight is 334 g/mol. The summed E-state index contributed by atoms with van der Waals surface area (Å²) in [6.45, 7) is 0. The first-order valence-electron chi connectivity index (χ1n) is 8.35. The van der Waals surface area contributed by atoms with E-state index in [-0.39, 0.29) is 17.6 Å². The number of esters is 1. The molecule has 5 heteroatoms. The van der Waals surface area contributed by atoms with Crippen LogP contribution < -0.4 is 5.56 Å². The van der Waals surface area contributed by atoms with Crippen molar-refractivity contribution in [2.24, 2.45) is 0 Å². The Morgan fingerprint density at radius 1 is 1.16 bits per heavy atom. The monoisotopic (exact) mass is 334 g/mol. The van der Waals surface area contributed by atoms with Crippen molar-refractivity contribution in [1.29, 1.82) is 0 Å². The van der Waals surface area contributed by atoms with E-state index in [1.54, 1.807) is 12.1 Å². The van der Waals surface area contributed by atoms with Gasteiger partial charge in [0.2, 0.25) is 0 Å². The smallest absolute Gasteiger partial charge is 0.337 e. The van der Waals surface area contributed by atoms with Gasteiger partial charge in [-0.3, -0.25) is 9.36 Å². The molecule has 2 aromatic carbocycles. The molecule has 1 aliphatic carbocycles. The van der Waals surface area contributed by atoms with Crippen LogP contribution in [0.15, 0.2) is 53.3 Å². The molecule has 0 aliphatic heterocycles. The Balaban J connectivity index is 1.75. The summed E-state index contributed by atoms with van der Waals surface area (Å²) in [5.74, 6) is 0.419. The van der Waals surface area contributed by atoms with Gasteiger partial charge in [0.1, 0.15) is 5.82 Å². The minimum Gasteiger partial charge on any atom is -0.465 e. The van der Waals surface area contributed by atoms with Crippen molar-refractivity contribution in [3.63, 3.8) is 0 Å². The van der Waals surface area contributed by atoms with E-state index < -0.39 is 0 Å². The zero-order valence-corrected chi connectivity index (χ0v) is 13.9. The summed E-state index contributed by atoms with van der Waals surface area (Å²) in [6.07, 6.45) is 2.60. The standard InChI is InChI=1S/C20H18N2O3/c1-25-20(24)14-8-6-13(7-9-14)12-18-21-17-5-3-2-4-16(17)19(23)22(18)15-10-11-15/h2-9,15H,10-12H2,1H3. The van der Waals surface area contributed by atoms with Crippen molar-refractivity contribution in [2.45, 2.75) is 25.3 Å². The molecule has 0 unspecified atom stereocenters. The number of nitrogens with zero attached hydrogens (tertiary/aromatic N) is 2. The molecule has 0 radical (unpaired) electrons. The van der Waals surface area contributed by atoms with E-state index in [0.29, 0.717) is 17.4 Å². The van der Waals surface area contributed by atoms with Crippen molar-refractivity contribution >= 4 is 16.9 Å². The minimum atomic E-state index is -0.356. The lowest BCUT2D eigenvalue weighted by molar-refractivity contribution is 0.0600. The second-order valence-electron chi connectivity index (χ2n) is 6.32. The first-order chi connectivity index (χ1) is 12.2. The van der Waals surface area contributed by atoms with Crippen LogP contribution in [0.1, 0.15) is 40.6 Å². The predicted molar refractivity (Wildman–Crippen MR) is 94.9 cm³/mol. The van der Waals surface area contributed by atoms with Crippen LogP contribution in [0, 0.1) is 0 Å². The molecule has 1 aliphatic rings. The zero-order valence-electron chi connectivity index (χ0n) is 13.9. The number of fused-ring (bicyclic) bond motifs is 1. The Morgan fingerprint density at radius 2 is 1.88 bits per heavy atom. The Bertz CT molecular complexity index is 1000. The number of para-hydroxylation sites is 1. The van der Waals surface area contributed by atoms with E-state index in [4.69, 9.17) is 9.72 Å². The van der Waals surface area contributed by atoms with Gasteiger partial charge in [-0.2, -0.15) is 0 Å². The number of rotatable bonds is 4. The zero-order chi connectivity index (χ0) is 17.4. The number of ether oxygens (including phenoxy) is 1. The Labute approximate surface area is 144 Å². The van der Waals surface area contributed by atoms with Crippen LogP contribution in [-0.4, -0.2) is 22.6 Å². The molecule has 0 spiro atoms. The van der Waals surface area contributed by atoms with Gasteiger partial charge in [0.05, 0.1) is 23.6 Å². The maximum Gasteiger partial charge on any atom is 0.337 e. The first-order valence-corrected chi connectivity index (χ1v) is 8.35. The molecule has 3 aromatic rings. The molecule has 5 nitrogen and oxygen atoms in total. The van der Waals surface area contributed by atoms with Gasteiger partial charge < -0.3 is 4.74 Å². The molecule has 126 valence electrons. The highest BCUT2D eigenvalue weighted by molar-refractivity contribution is 5.89. The minimum absolute atomic E-state index is 0.0364. The van der Waals surface area contributed by atoms with Crippen molar-refractivity contribution in [3.05, 3.63) is 75.8 Å². The molecule has 1 saturated carbocycles. The molecular formula is C20H18N2O3. The van der Waals surface area contributed by atoms with E-state index in [9.17, 15) is 9.59 Å². The van der Waals surface area contributed by atoms with Gasteiger partial charge in [0, 0.05) is 12.5 Å². The van der Waals surface area contributed by atoms with E-state index in [0.717, 1.165) is 29.7 Å². The maximum atomic E-state index is 12.9. The molecule has 0 atom stereocenters. The number of carbonyl (C=O) groups excluding carboxylic acids is 1. The number of hydrogen-bond donors (Lipinski definition) is 0. The van der Waals surface area contributed by atoms with Gasteiger partial charge in [0.25, 0.3) is 5.56 Å². The lowest BCUT2D eigenvalue weighted by Crippen LogP contribution is -2.24. The molecule has 1 fully saturated rings. The predicted octanol–water partition coefficient (Wildman–Crippen LogP) is 3.11. The van der Waals surface area contributed by atoms with E-state index in [2.05, 4.69) is 0 Å². The molecule has 0 saturated heterocycles. The van der Waals surface area contributed by atoms with Crippen molar-refractivity contribution in [3.8, 4) is 0 Å². The first kappa shape index (κ1) is 15.6. The molecule has 0 N–H and O–H groups in total. The Morgan fingerprint density at radius 3 is 2.56 bits per heavy atom. The number of aromatic nitrogens is 2. The van der Waals surface area contributed by atoms with Crippen LogP contribution in [0.2, 0.25) is 0 Å². The quantitative estimate of drug-likeness (QED) is 0.688. The van der Waals surface area contributed by atoms with Gasteiger partial charge in [-0.1, -0.05) is 24.3 Å². The fraction of sp³-hybridized carbons (Fsp3) is 0.250. The summed E-state index contributed by atoms with van der Waals surface area (Å²) in [7, 11) is 1.36. The second-order valence-corrected chi connectivity index (χ2v) is 6.32. The second kappa shape index (κ2) is 6.16.